The largest absolute Gasteiger partial charge is 0.335 e. The van der Waals surface area contributed by atoms with Crippen molar-refractivity contribution in [3.8, 4) is 0 Å². The molecule has 7 heteroatoms. The Balaban J connectivity index is 1.82. The van der Waals surface area contributed by atoms with Crippen LogP contribution in [-0.4, -0.2) is 22.3 Å². The second kappa shape index (κ2) is 6.63. The lowest BCUT2D eigenvalue weighted by Crippen LogP contribution is -2.37. The van der Waals surface area contributed by atoms with Crippen molar-refractivity contribution in [1.82, 2.24) is 15.5 Å². The lowest BCUT2D eigenvalue weighted by molar-refractivity contribution is 0.249. The lowest BCUT2D eigenvalue weighted by Gasteiger charge is -2.13. The topological polar surface area (TPSA) is 66.9 Å². The van der Waals surface area contributed by atoms with Gasteiger partial charge in [0.2, 0.25) is 5.13 Å². The number of rotatable bonds is 4. The van der Waals surface area contributed by atoms with Gasteiger partial charge in [0.15, 0.2) is 0 Å². The van der Waals surface area contributed by atoms with Gasteiger partial charge in [-0.3, -0.25) is 5.32 Å². The maximum absolute atomic E-state index is 11.7. The smallest absolute Gasteiger partial charge is 0.321 e. The molecule has 0 aliphatic rings. The number of hydrogen-bond acceptors (Lipinski definition) is 4. The molecule has 0 saturated heterocycles. The van der Waals surface area contributed by atoms with Crippen LogP contribution in [0.3, 0.4) is 0 Å². The molecule has 2 N–H and O–H groups in total. The number of benzene rings is 1. The highest BCUT2D eigenvalue weighted by Crippen LogP contribution is 2.12. The van der Waals surface area contributed by atoms with E-state index in [0.717, 1.165) is 10.9 Å². The normalized spacial score (nSPS) is 11.9. The average Bonchev–Trinajstić information content (AvgIpc) is 2.84. The highest BCUT2D eigenvalue weighted by atomic mass is 79.9. The van der Waals surface area contributed by atoms with E-state index in [4.69, 9.17) is 0 Å². The monoisotopic (exact) mass is 340 g/mol. The van der Waals surface area contributed by atoms with Crippen LogP contribution in [0, 0.1) is 0 Å². The molecule has 2 rings (SSSR count). The summed E-state index contributed by atoms with van der Waals surface area (Å²) in [6, 6.07) is 7.82. The zero-order valence-corrected chi connectivity index (χ0v) is 12.7. The van der Waals surface area contributed by atoms with E-state index < -0.39 is 0 Å². The molecule has 0 aliphatic heterocycles. The third-order valence-electron chi connectivity index (χ3n) is 2.41. The molecule has 0 bridgehead atoms. The summed E-state index contributed by atoms with van der Waals surface area (Å²) in [5.74, 6) is 0. The summed E-state index contributed by atoms with van der Waals surface area (Å²) >= 11 is 4.68. The number of halogens is 1. The van der Waals surface area contributed by atoms with E-state index in [1.165, 1.54) is 16.9 Å². The summed E-state index contributed by atoms with van der Waals surface area (Å²) in [5, 5.41) is 13.4. The van der Waals surface area contributed by atoms with Gasteiger partial charge < -0.3 is 5.32 Å². The van der Waals surface area contributed by atoms with Gasteiger partial charge in [0, 0.05) is 10.5 Å². The number of urea groups is 1. The first kappa shape index (κ1) is 14.0. The summed E-state index contributed by atoms with van der Waals surface area (Å²) in [6.45, 7) is 1.96. The summed E-state index contributed by atoms with van der Waals surface area (Å²) in [5.41, 5.74) is 2.74. The minimum absolute atomic E-state index is 0.0362. The molecule has 1 aromatic carbocycles. The molecule has 0 spiro atoms. The fourth-order valence-corrected chi connectivity index (χ4v) is 2.31. The molecular formula is C12H13BrN4OS. The Bertz CT molecular complexity index is 529. The van der Waals surface area contributed by atoms with Crippen molar-refractivity contribution < 1.29 is 4.79 Å². The van der Waals surface area contributed by atoms with E-state index in [1.807, 2.05) is 31.2 Å². The highest BCUT2D eigenvalue weighted by molar-refractivity contribution is 9.10. The molecule has 1 aromatic heterocycles. The zero-order valence-electron chi connectivity index (χ0n) is 10.3. The van der Waals surface area contributed by atoms with Crippen LogP contribution in [-0.2, 0) is 6.42 Å². The van der Waals surface area contributed by atoms with Gasteiger partial charge in [-0.15, -0.1) is 10.2 Å². The van der Waals surface area contributed by atoms with Gasteiger partial charge in [-0.1, -0.05) is 39.4 Å². The first-order valence-corrected chi connectivity index (χ1v) is 7.39. The van der Waals surface area contributed by atoms with Gasteiger partial charge in [-0.05, 0) is 31.0 Å². The van der Waals surface area contributed by atoms with Crippen molar-refractivity contribution in [1.29, 1.82) is 0 Å². The molecule has 0 unspecified atom stereocenters. The lowest BCUT2D eigenvalue weighted by atomic mass is 10.1. The van der Waals surface area contributed by atoms with Crippen LogP contribution in [0.5, 0.6) is 0 Å². The number of amides is 2. The van der Waals surface area contributed by atoms with Crippen LogP contribution >= 0.6 is 27.3 Å². The first-order valence-electron chi connectivity index (χ1n) is 5.71. The van der Waals surface area contributed by atoms with Crippen LogP contribution in [0.2, 0.25) is 0 Å². The van der Waals surface area contributed by atoms with E-state index in [2.05, 4.69) is 36.8 Å². The minimum atomic E-state index is -0.263. The number of carbonyl (C=O) groups excluding carboxylic acids is 1. The fraction of sp³-hybridized carbons (Fsp3) is 0.250. The molecule has 0 aliphatic carbocycles. The predicted octanol–water partition coefficient (Wildman–Crippen LogP) is 3.05. The number of anilines is 1. The van der Waals surface area contributed by atoms with Crippen molar-refractivity contribution >= 4 is 38.4 Å². The van der Waals surface area contributed by atoms with E-state index in [1.54, 1.807) is 5.51 Å². The Kier molecular flexibility index (Phi) is 4.86. The summed E-state index contributed by atoms with van der Waals surface area (Å²) in [7, 11) is 0. The summed E-state index contributed by atoms with van der Waals surface area (Å²) < 4.78 is 1.05. The van der Waals surface area contributed by atoms with Crippen LogP contribution < -0.4 is 10.6 Å². The van der Waals surface area contributed by atoms with Crippen molar-refractivity contribution in [2.24, 2.45) is 0 Å². The molecular weight excluding hydrogens is 328 g/mol. The molecule has 19 heavy (non-hydrogen) atoms. The molecule has 0 fully saturated rings. The fourth-order valence-electron chi connectivity index (χ4n) is 1.61. The van der Waals surface area contributed by atoms with Gasteiger partial charge in [-0.25, -0.2) is 4.79 Å². The quantitative estimate of drug-likeness (QED) is 0.898. The summed E-state index contributed by atoms with van der Waals surface area (Å²) in [6.07, 6.45) is 0.775. The van der Waals surface area contributed by atoms with Gasteiger partial charge in [0.1, 0.15) is 5.51 Å². The standard InChI is InChI=1S/C12H13BrN4OS/c1-8(6-9-2-4-10(13)5-3-9)15-11(18)16-12-17-14-7-19-12/h2-5,7-8H,6H2,1H3,(H2,15,16,17,18)/t8-/m0/s1. The van der Waals surface area contributed by atoms with E-state index in [-0.39, 0.29) is 12.1 Å². The number of carbonyl (C=O) groups is 1. The maximum Gasteiger partial charge on any atom is 0.321 e. The third kappa shape index (κ3) is 4.60. The molecule has 0 radical (unpaired) electrons. The molecule has 2 amide bonds. The van der Waals surface area contributed by atoms with Gasteiger partial charge in [0.25, 0.3) is 0 Å². The van der Waals surface area contributed by atoms with Crippen LogP contribution in [0.4, 0.5) is 9.93 Å². The highest BCUT2D eigenvalue weighted by Gasteiger charge is 2.09. The van der Waals surface area contributed by atoms with E-state index in [0.29, 0.717) is 5.13 Å². The maximum atomic E-state index is 11.7. The Morgan fingerprint density at radius 2 is 2.16 bits per heavy atom. The van der Waals surface area contributed by atoms with Crippen LogP contribution in [0.15, 0.2) is 34.2 Å². The van der Waals surface area contributed by atoms with Gasteiger partial charge in [-0.2, -0.15) is 0 Å². The Hall–Kier alpha value is -1.47. The molecule has 1 heterocycles. The molecule has 100 valence electrons. The zero-order chi connectivity index (χ0) is 13.7. The molecule has 0 saturated carbocycles. The van der Waals surface area contributed by atoms with E-state index >= 15 is 0 Å². The molecule has 5 nitrogen and oxygen atoms in total. The van der Waals surface area contributed by atoms with Crippen LogP contribution in [0.25, 0.3) is 0 Å². The van der Waals surface area contributed by atoms with Crippen molar-refractivity contribution in [3.05, 3.63) is 39.8 Å². The van der Waals surface area contributed by atoms with Crippen molar-refractivity contribution in [3.63, 3.8) is 0 Å². The van der Waals surface area contributed by atoms with Crippen molar-refractivity contribution in [2.45, 2.75) is 19.4 Å². The minimum Gasteiger partial charge on any atom is -0.335 e. The Morgan fingerprint density at radius 3 is 2.79 bits per heavy atom. The molecule has 2 aromatic rings. The van der Waals surface area contributed by atoms with Gasteiger partial charge in [0.05, 0.1) is 0 Å². The average molecular weight is 341 g/mol. The SMILES string of the molecule is C[C@@H](Cc1ccc(Br)cc1)NC(=O)Nc1nncs1. The van der Waals surface area contributed by atoms with Crippen molar-refractivity contribution in [2.75, 3.05) is 5.32 Å². The number of hydrogen-bond donors (Lipinski definition) is 2. The second-order valence-corrected chi connectivity index (χ2v) is 5.82. The number of nitrogens with one attached hydrogen (secondary N) is 2. The summed E-state index contributed by atoms with van der Waals surface area (Å²) in [4.78, 5) is 11.7. The number of nitrogens with zero attached hydrogens (tertiary/aromatic N) is 2. The first-order chi connectivity index (χ1) is 9.13. The Labute approximate surface area is 123 Å². The number of aromatic nitrogens is 2. The van der Waals surface area contributed by atoms with E-state index in [9.17, 15) is 4.79 Å². The predicted molar refractivity (Wildman–Crippen MR) is 79.4 cm³/mol. The molecule has 1 atom stereocenters. The second-order valence-electron chi connectivity index (χ2n) is 4.07. The Morgan fingerprint density at radius 1 is 1.42 bits per heavy atom. The van der Waals surface area contributed by atoms with Gasteiger partial charge >= 0.3 is 6.03 Å². The van der Waals surface area contributed by atoms with Crippen LogP contribution in [0.1, 0.15) is 12.5 Å². The third-order valence-corrected chi connectivity index (χ3v) is 3.55.